The summed E-state index contributed by atoms with van der Waals surface area (Å²) in [7, 11) is 0. The number of esters is 1. The van der Waals surface area contributed by atoms with Gasteiger partial charge in [0, 0.05) is 18.3 Å². The van der Waals surface area contributed by atoms with Crippen LogP contribution in [0.15, 0.2) is 47.7 Å². The van der Waals surface area contributed by atoms with Crippen molar-refractivity contribution in [2.24, 2.45) is 4.99 Å². The molecule has 164 valence electrons. The molecule has 1 atom stereocenters. The molecule has 8 nitrogen and oxygen atoms in total. The summed E-state index contributed by atoms with van der Waals surface area (Å²) in [5.41, 5.74) is 2.69. The van der Waals surface area contributed by atoms with Crippen molar-refractivity contribution in [3.05, 3.63) is 63.9 Å². The summed E-state index contributed by atoms with van der Waals surface area (Å²) in [6.07, 6.45) is 3.79. The molecule has 3 aromatic rings. The molecule has 0 fully saturated rings. The molecule has 0 amide bonds. The maximum Gasteiger partial charge on any atom is 0.350 e. The first-order valence-electron chi connectivity index (χ1n) is 10.3. The number of thiazole rings is 1. The van der Waals surface area contributed by atoms with E-state index >= 15 is 0 Å². The number of guanidine groups is 1. The van der Waals surface area contributed by atoms with E-state index in [0.717, 1.165) is 22.8 Å². The van der Waals surface area contributed by atoms with Crippen LogP contribution in [0, 0.1) is 6.92 Å². The molecule has 0 bridgehead atoms. The molecule has 0 spiro atoms. The molecule has 0 saturated heterocycles. The number of hydrogen-bond acceptors (Lipinski definition) is 6. The second-order valence-corrected chi connectivity index (χ2v) is 7.91. The van der Waals surface area contributed by atoms with Crippen LogP contribution >= 0.6 is 11.3 Å². The normalized spacial score (nSPS) is 12.5. The minimum Gasteiger partial charge on any atom is -0.462 e. The molecule has 0 radical (unpaired) electrons. The van der Waals surface area contributed by atoms with Crippen LogP contribution in [0.3, 0.4) is 0 Å². The van der Waals surface area contributed by atoms with Gasteiger partial charge in [-0.15, -0.1) is 11.3 Å². The number of nitrogens with zero attached hydrogens (tertiary/aromatic N) is 4. The Morgan fingerprint density at radius 2 is 2.06 bits per heavy atom. The Morgan fingerprint density at radius 1 is 1.29 bits per heavy atom. The smallest absolute Gasteiger partial charge is 0.350 e. The van der Waals surface area contributed by atoms with Crippen molar-refractivity contribution < 1.29 is 9.53 Å². The average molecular weight is 441 g/mol. The molecular formula is C22H28N6O2S. The van der Waals surface area contributed by atoms with Gasteiger partial charge in [0.05, 0.1) is 36.8 Å². The summed E-state index contributed by atoms with van der Waals surface area (Å²) in [4.78, 5) is 21.8. The molecule has 2 N–H and O–H groups in total. The molecule has 2 aromatic heterocycles. The van der Waals surface area contributed by atoms with E-state index in [4.69, 9.17) is 4.74 Å². The number of carbonyl (C=O) groups is 1. The minimum atomic E-state index is -0.327. The Balaban J connectivity index is 1.68. The third-order valence-electron chi connectivity index (χ3n) is 4.42. The third-order valence-corrected chi connectivity index (χ3v) is 5.74. The average Bonchev–Trinajstić information content (AvgIpc) is 3.40. The van der Waals surface area contributed by atoms with Gasteiger partial charge < -0.3 is 15.4 Å². The quantitative estimate of drug-likeness (QED) is 0.316. The van der Waals surface area contributed by atoms with Gasteiger partial charge in [0.15, 0.2) is 5.96 Å². The molecule has 2 heterocycles. The maximum atomic E-state index is 12.1. The first-order chi connectivity index (χ1) is 15.0. The van der Waals surface area contributed by atoms with Gasteiger partial charge in [0.2, 0.25) is 0 Å². The molecule has 0 aliphatic carbocycles. The minimum absolute atomic E-state index is 0.114. The van der Waals surface area contributed by atoms with Crippen LogP contribution in [0.25, 0.3) is 5.69 Å². The van der Waals surface area contributed by atoms with E-state index in [1.54, 1.807) is 6.92 Å². The summed E-state index contributed by atoms with van der Waals surface area (Å²) in [6, 6.07) is 9.85. The summed E-state index contributed by atoms with van der Waals surface area (Å²) < 4.78 is 6.95. The molecule has 3 rings (SSSR count). The highest BCUT2D eigenvalue weighted by atomic mass is 32.1. The van der Waals surface area contributed by atoms with E-state index in [-0.39, 0.29) is 12.0 Å². The lowest BCUT2D eigenvalue weighted by molar-refractivity contribution is 0.0531. The molecule has 1 unspecified atom stereocenters. The van der Waals surface area contributed by atoms with Crippen molar-refractivity contribution >= 4 is 23.3 Å². The maximum absolute atomic E-state index is 12.1. The molecule has 0 aliphatic heterocycles. The van der Waals surface area contributed by atoms with Gasteiger partial charge in [-0.05, 0) is 39.8 Å². The Labute approximate surface area is 186 Å². The number of para-hydroxylation sites is 1. The zero-order valence-corrected chi connectivity index (χ0v) is 19.1. The number of aromatic nitrogens is 3. The van der Waals surface area contributed by atoms with Crippen LogP contribution in [0.2, 0.25) is 0 Å². The lowest BCUT2D eigenvalue weighted by atomic mass is 10.3. The van der Waals surface area contributed by atoms with Crippen molar-refractivity contribution in [3.8, 4) is 5.69 Å². The number of aryl methyl sites for hydroxylation is 1. The van der Waals surface area contributed by atoms with Gasteiger partial charge in [-0.1, -0.05) is 18.2 Å². The summed E-state index contributed by atoms with van der Waals surface area (Å²) >= 11 is 1.35. The van der Waals surface area contributed by atoms with Crippen molar-refractivity contribution in [3.63, 3.8) is 0 Å². The van der Waals surface area contributed by atoms with Crippen LogP contribution in [0.4, 0.5) is 0 Å². The third kappa shape index (κ3) is 5.91. The number of ether oxygens (including phenoxy) is 1. The van der Waals surface area contributed by atoms with Crippen molar-refractivity contribution in [1.29, 1.82) is 0 Å². The molecule has 31 heavy (non-hydrogen) atoms. The van der Waals surface area contributed by atoms with Gasteiger partial charge in [-0.3, -0.25) is 0 Å². The monoisotopic (exact) mass is 440 g/mol. The zero-order chi connectivity index (χ0) is 22.2. The van der Waals surface area contributed by atoms with Gasteiger partial charge in [-0.25, -0.2) is 19.5 Å². The number of nitrogens with one attached hydrogen (secondary N) is 2. The SMILES string of the molecule is CCNC(=NCc1cnn(-c2ccccc2)c1)NC(C)c1nc(C)c(C(=O)OCC)s1. The highest BCUT2D eigenvalue weighted by Gasteiger charge is 2.20. The highest BCUT2D eigenvalue weighted by Crippen LogP contribution is 2.24. The highest BCUT2D eigenvalue weighted by molar-refractivity contribution is 7.13. The lowest BCUT2D eigenvalue weighted by Gasteiger charge is -2.15. The van der Waals surface area contributed by atoms with E-state index in [0.29, 0.717) is 29.7 Å². The summed E-state index contributed by atoms with van der Waals surface area (Å²) in [6.45, 7) is 9.18. The Kier molecular flexibility index (Phi) is 7.77. The fourth-order valence-corrected chi connectivity index (χ4v) is 3.87. The number of hydrogen-bond donors (Lipinski definition) is 2. The van der Waals surface area contributed by atoms with Gasteiger partial charge in [-0.2, -0.15) is 5.10 Å². The molecule has 1 aromatic carbocycles. The second kappa shape index (κ2) is 10.7. The second-order valence-electron chi connectivity index (χ2n) is 6.88. The molecule has 0 aliphatic rings. The Bertz CT molecular complexity index is 1030. The fourth-order valence-electron chi connectivity index (χ4n) is 2.91. The predicted molar refractivity (Wildman–Crippen MR) is 123 cm³/mol. The van der Waals surface area contributed by atoms with Gasteiger partial charge in [0.1, 0.15) is 9.88 Å². The number of aliphatic imine (C=N–C) groups is 1. The largest absolute Gasteiger partial charge is 0.462 e. The fraction of sp³-hybridized carbons (Fsp3) is 0.364. The molecule has 9 heteroatoms. The van der Waals surface area contributed by atoms with Crippen molar-refractivity contribution in [2.45, 2.75) is 40.3 Å². The first-order valence-corrected chi connectivity index (χ1v) is 11.1. The number of carbonyl (C=O) groups excluding carboxylic acids is 1. The zero-order valence-electron chi connectivity index (χ0n) is 18.3. The van der Waals surface area contributed by atoms with Crippen molar-refractivity contribution in [2.75, 3.05) is 13.2 Å². The topological polar surface area (TPSA) is 93.4 Å². The molecule has 0 saturated carbocycles. The predicted octanol–water partition coefficient (Wildman–Crippen LogP) is 3.63. The van der Waals surface area contributed by atoms with E-state index < -0.39 is 0 Å². The van der Waals surface area contributed by atoms with Crippen LogP contribution < -0.4 is 10.6 Å². The number of rotatable bonds is 8. The van der Waals surface area contributed by atoms with Gasteiger partial charge >= 0.3 is 5.97 Å². The Hall–Kier alpha value is -3.20. The van der Waals surface area contributed by atoms with E-state index in [2.05, 4.69) is 25.7 Å². The van der Waals surface area contributed by atoms with Crippen molar-refractivity contribution in [1.82, 2.24) is 25.4 Å². The van der Waals surface area contributed by atoms with Crippen LogP contribution in [0.5, 0.6) is 0 Å². The lowest BCUT2D eigenvalue weighted by Crippen LogP contribution is -2.38. The Morgan fingerprint density at radius 3 is 2.77 bits per heavy atom. The van der Waals surface area contributed by atoms with E-state index in [1.165, 1.54) is 11.3 Å². The standard InChI is InChI=1S/C22H28N6O2S/c1-5-23-22(24-12-17-13-25-28(14-17)18-10-8-7-9-11-18)27-16(4)20-26-15(3)19(31-20)21(29)30-6-2/h7-11,13-14,16H,5-6,12H2,1-4H3,(H2,23,24,27). The van der Waals surface area contributed by atoms with E-state index in [1.807, 2.05) is 68.2 Å². The number of benzene rings is 1. The van der Waals surface area contributed by atoms with Crippen LogP contribution in [-0.4, -0.2) is 39.8 Å². The molecular weight excluding hydrogens is 412 g/mol. The van der Waals surface area contributed by atoms with Crippen LogP contribution in [-0.2, 0) is 11.3 Å². The van der Waals surface area contributed by atoms with Gasteiger partial charge in [0.25, 0.3) is 0 Å². The first kappa shape index (κ1) is 22.5. The summed E-state index contributed by atoms with van der Waals surface area (Å²) in [5.74, 6) is 0.347. The van der Waals surface area contributed by atoms with Crippen LogP contribution in [0.1, 0.15) is 52.7 Å². The summed E-state index contributed by atoms with van der Waals surface area (Å²) in [5, 5.41) is 11.8. The van der Waals surface area contributed by atoms with E-state index in [9.17, 15) is 4.79 Å².